The monoisotopic (exact) mass is 314 g/mol. The van der Waals surface area contributed by atoms with E-state index in [0.29, 0.717) is 5.56 Å². The van der Waals surface area contributed by atoms with Gasteiger partial charge in [-0.05, 0) is 55.1 Å². The Bertz CT molecular complexity index is 769. The van der Waals surface area contributed by atoms with Gasteiger partial charge in [-0.25, -0.2) is 4.39 Å². The van der Waals surface area contributed by atoms with E-state index in [9.17, 15) is 4.39 Å². The van der Waals surface area contributed by atoms with E-state index in [-0.39, 0.29) is 5.82 Å². The summed E-state index contributed by atoms with van der Waals surface area (Å²) in [6.07, 6.45) is 0. The molecule has 2 aromatic carbocycles. The molecule has 2 nitrogen and oxygen atoms in total. The molecule has 2 N–H and O–H groups in total. The van der Waals surface area contributed by atoms with Gasteiger partial charge in [0.2, 0.25) is 0 Å². The van der Waals surface area contributed by atoms with Crippen molar-refractivity contribution >= 4 is 34.7 Å². The topological polar surface area (TPSA) is 27.8 Å². The summed E-state index contributed by atoms with van der Waals surface area (Å²) in [7, 11) is 1.91. The van der Waals surface area contributed by atoms with Gasteiger partial charge in [0.15, 0.2) is 0 Å². The average molecular weight is 314 g/mol. The van der Waals surface area contributed by atoms with Crippen LogP contribution in [0.25, 0.3) is 22.2 Å². The van der Waals surface area contributed by atoms with Crippen LogP contribution in [0.1, 0.15) is 11.1 Å². The number of hydrogen-bond donors (Lipinski definition) is 2. The van der Waals surface area contributed by atoms with Crippen LogP contribution in [0.5, 0.6) is 0 Å². The van der Waals surface area contributed by atoms with E-state index < -0.39 is 0 Å². The van der Waals surface area contributed by atoms with Crippen LogP contribution in [0.2, 0.25) is 0 Å². The van der Waals surface area contributed by atoms with Crippen molar-refractivity contribution in [3.63, 3.8) is 0 Å². The highest BCUT2D eigenvalue weighted by atomic mass is 32.1. The predicted molar refractivity (Wildman–Crippen MR) is 97.4 cm³/mol. The molecule has 1 aromatic heterocycles. The van der Waals surface area contributed by atoms with E-state index in [1.165, 1.54) is 5.56 Å². The first-order valence-electron chi connectivity index (χ1n) is 6.95. The molecule has 0 bridgehead atoms. The zero-order valence-corrected chi connectivity index (χ0v) is 13.8. The highest BCUT2D eigenvalue weighted by molar-refractivity contribution is 7.77. The van der Waals surface area contributed by atoms with Gasteiger partial charge in [0.25, 0.3) is 0 Å². The number of aryl methyl sites for hydroxylation is 2. The Balaban J connectivity index is 0.000000847. The van der Waals surface area contributed by atoms with Gasteiger partial charge in [-0.15, -0.1) is 0 Å². The molecular weight excluding hydrogens is 295 g/mol. The molecule has 0 aliphatic rings. The van der Waals surface area contributed by atoms with Crippen molar-refractivity contribution in [2.45, 2.75) is 13.8 Å². The summed E-state index contributed by atoms with van der Waals surface area (Å²) in [6.45, 7) is 3.85. The van der Waals surface area contributed by atoms with E-state index in [1.54, 1.807) is 13.0 Å². The molecule has 0 fully saturated rings. The van der Waals surface area contributed by atoms with E-state index in [1.807, 2.05) is 13.1 Å². The smallest absolute Gasteiger partial charge is 0.128 e. The number of anilines is 1. The lowest BCUT2D eigenvalue weighted by atomic mass is 10.1. The van der Waals surface area contributed by atoms with Crippen LogP contribution in [0, 0.1) is 19.7 Å². The third kappa shape index (κ3) is 3.02. The van der Waals surface area contributed by atoms with E-state index in [2.05, 4.69) is 59.6 Å². The molecule has 114 valence electrons. The molecule has 4 heteroatoms. The van der Waals surface area contributed by atoms with E-state index in [4.69, 9.17) is 0 Å². The molecule has 0 unspecified atom stereocenters. The van der Waals surface area contributed by atoms with Crippen molar-refractivity contribution in [3.8, 4) is 11.3 Å². The lowest BCUT2D eigenvalue weighted by molar-refractivity contribution is 0.620. The van der Waals surface area contributed by atoms with Crippen LogP contribution in [0.15, 0.2) is 36.4 Å². The van der Waals surface area contributed by atoms with Crippen molar-refractivity contribution in [3.05, 3.63) is 53.3 Å². The third-order valence-electron chi connectivity index (χ3n) is 3.72. The summed E-state index contributed by atoms with van der Waals surface area (Å²) < 4.78 is 13.6. The number of nitrogens with one attached hydrogen (secondary N) is 2. The molecule has 3 rings (SSSR count). The first-order chi connectivity index (χ1) is 10.6. The van der Waals surface area contributed by atoms with Gasteiger partial charge < -0.3 is 10.3 Å². The summed E-state index contributed by atoms with van der Waals surface area (Å²) in [6, 6.07) is 11.7. The molecule has 3 aromatic rings. The maximum Gasteiger partial charge on any atom is 0.128 e. The Morgan fingerprint density at radius 3 is 2.45 bits per heavy atom. The molecular formula is C18H19FN2S. The summed E-state index contributed by atoms with van der Waals surface area (Å²) in [4.78, 5) is 3.28. The molecule has 0 radical (unpaired) electrons. The van der Waals surface area contributed by atoms with Crippen LogP contribution in [-0.4, -0.2) is 17.9 Å². The minimum absolute atomic E-state index is 0.175. The maximum absolute atomic E-state index is 13.6. The second-order valence-corrected chi connectivity index (χ2v) is 5.15. The van der Waals surface area contributed by atoms with Crippen LogP contribution < -0.4 is 5.32 Å². The molecule has 0 amide bonds. The maximum atomic E-state index is 13.6. The SMILES string of the molecule is C=S.CNc1cc(-c2cc3cc(C)c(F)cc3[nH]2)ccc1C. The minimum Gasteiger partial charge on any atom is -0.388 e. The Labute approximate surface area is 135 Å². The van der Waals surface area contributed by atoms with Crippen LogP contribution in [0.4, 0.5) is 10.1 Å². The standard InChI is InChI=1S/C17H17FN2.CH2S/c1-10-4-5-12(7-15(10)19-3)16-8-13-6-11(2)14(18)9-17(13)20-16;1-2/h4-9,19-20H,1-3H3;1H2. The van der Waals surface area contributed by atoms with E-state index >= 15 is 0 Å². The van der Waals surface area contributed by atoms with Gasteiger partial charge in [0.05, 0.1) is 0 Å². The zero-order chi connectivity index (χ0) is 16.3. The number of benzene rings is 2. The molecule has 22 heavy (non-hydrogen) atoms. The Morgan fingerprint density at radius 1 is 1.05 bits per heavy atom. The number of rotatable bonds is 2. The number of hydrogen-bond acceptors (Lipinski definition) is 2. The van der Waals surface area contributed by atoms with Gasteiger partial charge in [-0.1, -0.05) is 24.4 Å². The molecule has 1 heterocycles. The second-order valence-electron chi connectivity index (χ2n) is 5.15. The lowest BCUT2D eigenvalue weighted by Crippen LogP contribution is -1.91. The number of halogens is 1. The quantitative estimate of drug-likeness (QED) is 0.632. The van der Waals surface area contributed by atoms with Gasteiger partial charge in [0, 0.05) is 34.9 Å². The molecule has 0 saturated carbocycles. The normalized spacial score (nSPS) is 10.2. The fourth-order valence-corrected chi connectivity index (χ4v) is 2.48. The Hall–Kier alpha value is -2.20. The van der Waals surface area contributed by atoms with Gasteiger partial charge in [-0.2, -0.15) is 0 Å². The van der Waals surface area contributed by atoms with Crippen molar-refractivity contribution in [2.24, 2.45) is 0 Å². The van der Waals surface area contributed by atoms with Crippen LogP contribution >= 0.6 is 12.2 Å². The molecule has 0 spiro atoms. The molecule has 0 saturated heterocycles. The summed E-state index contributed by atoms with van der Waals surface area (Å²) in [5, 5.41) is 4.22. The highest BCUT2D eigenvalue weighted by Crippen LogP contribution is 2.28. The Kier molecular flexibility index (Phi) is 4.93. The average Bonchev–Trinajstić information content (AvgIpc) is 2.93. The lowest BCUT2D eigenvalue weighted by Gasteiger charge is -2.07. The van der Waals surface area contributed by atoms with Gasteiger partial charge in [0.1, 0.15) is 5.82 Å². The second kappa shape index (κ2) is 6.71. The highest BCUT2D eigenvalue weighted by Gasteiger charge is 2.07. The van der Waals surface area contributed by atoms with Gasteiger partial charge >= 0.3 is 0 Å². The zero-order valence-electron chi connectivity index (χ0n) is 13.0. The van der Waals surface area contributed by atoms with Crippen LogP contribution in [-0.2, 0) is 0 Å². The van der Waals surface area contributed by atoms with Crippen molar-refractivity contribution in [1.29, 1.82) is 0 Å². The fraction of sp³-hybridized carbons (Fsp3) is 0.167. The van der Waals surface area contributed by atoms with Crippen molar-refractivity contribution < 1.29 is 4.39 Å². The number of fused-ring (bicyclic) bond motifs is 1. The van der Waals surface area contributed by atoms with Crippen molar-refractivity contribution in [2.75, 3.05) is 12.4 Å². The fourth-order valence-electron chi connectivity index (χ4n) is 2.48. The first kappa shape index (κ1) is 16.2. The number of thiocarbonyl (C=S) groups is 1. The summed E-state index contributed by atoms with van der Waals surface area (Å²) >= 11 is 3.83. The van der Waals surface area contributed by atoms with E-state index in [0.717, 1.165) is 27.8 Å². The molecule has 0 aliphatic carbocycles. The number of aromatic amines is 1. The third-order valence-corrected chi connectivity index (χ3v) is 3.72. The van der Waals surface area contributed by atoms with Gasteiger partial charge in [-0.3, -0.25) is 0 Å². The van der Waals surface area contributed by atoms with Crippen LogP contribution in [0.3, 0.4) is 0 Å². The van der Waals surface area contributed by atoms with Crippen molar-refractivity contribution in [1.82, 2.24) is 4.98 Å². The minimum atomic E-state index is -0.175. The summed E-state index contributed by atoms with van der Waals surface area (Å²) in [5.74, 6) is 2.66. The largest absolute Gasteiger partial charge is 0.388 e. The predicted octanol–water partition coefficient (Wildman–Crippen LogP) is 5.25. The number of aromatic nitrogens is 1. The molecule has 0 aliphatic heterocycles. The Morgan fingerprint density at radius 2 is 1.77 bits per heavy atom. The number of H-pyrrole nitrogens is 1. The first-order valence-corrected chi connectivity index (χ1v) is 7.53. The molecule has 0 atom stereocenters. The summed E-state index contributed by atoms with van der Waals surface area (Å²) in [5.41, 5.74) is 5.89.